The number of methoxy groups -OCH3 is 2. The van der Waals surface area contributed by atoms with E-state index in [1.165, 1.54) is 7.11 Å². The number of halogens is 2. The van der Waals surface area contributed by atoms with Gasteiger partial charge in [0.05, 0.1) is 17.8 Å². The minimum Gasteiger partial charge on any atom is -0.492 e. The van der Waals surface area contributed by atoms with Gasteiger partial charge in [0.15, 0.2) is 11.5 Å². The zero-order valence-corrected chi connectivity index (χ0v) is 9.59. The van der Waals surface area contributed by atoms with E-state index in [-0.39, 0.29) is 0 Å². The van der Waals surface area contributed by atoms with Crippen molar-refractivity contribution in [3.05, 3.63) is 21.3 Å². The molecule has 1 aromatic rings. The molecule has 0 saturated heterocycles. The van der Waals surface area contributed by atoms with Crippen LogP contribution in [-0.2, 0) is 6.67 Å². The maximum Gasteiger partial charge on any atom is 0.174 e. The van der Waals surface area contributed by atoms with Gasteiger partial charge in [0.2, 0.25) is 0 Å². The smallest absolute Gasteiger partial charge is 0.174 e. The predicted octanol–water partition coefficient (Wildman–Crippen LogP) is 2.78. The minimum absolute atomic E-state index is 0.483. The van der Waals surface area contributed by atoms with Crippen LogP contribution in [0.15, 0.2) is 12.1 Å². The molecule has 13 heavy (non-hydrogen) atoms. The van der Waals surface area contributed by atoms with Gasteiger partial charge in [-0.25, -0.2) is 4.39 Å². The fourth-order valence-electron chi connectivity index (χ4n) is 1.10. The molecular formula is C9H10FIO2. The summed E-state index contributed by atoms with van der Waals surface area (Å²) in [5.41, 5.74) is 0.514. The van der Waals surface area contributed by atoms with Crippen molar-refractivity contribution >= 4 is 22.6 Å². The van der Waals surface area contributed by atoms with Crippen molar-refractivity contribution in [2.24, 2.45) is 0 Å². The summed E-state index contributed by atoms with van der Waals surface area (Å²) >= 11 is 2.11. The lowest BCUT2D eigenvalue weighted by Crippen LogP contribution is -1.96. The van der Waals surface area contributed by atoms with Gasteiger partial charge in [0.1, 0.15) is 6.67 Å². The molecule has 0 heterocycles. The van der Waals surface area contributed by atoms with Crippen LogP contribution in [0.4, 0.5) is 4.39 Å². The maximum atomic E-state index is 12.5. The largest absolute Gasteiger partial charge is 0.492 e. The molecule has 0 aromatic heterocycles. The highest BCUT2D eigenvalue weighted by Crippen LogP contribution is 2.35. The van der Waals surface area contributed by atoms with Crippen LogP contribution in [0.3, 0.4) is 0 Å². The van der Waals surface area contributed by atoms with E-state index in [1.807, 2.05) is 0 Å². The second kappa shape index (κ2) is 4.64. The molecule has 0 aliphatic carbocycles. The maximum absolute atomic E-state index is 12.5. The number of hydrogen-bond donors (Lipinski definition) is 0. The summed E-state index contributed by atoms with van der Waals surface area (Å²) in [5.74, 6) is 1.08. The molecule has 0 aliphatic heterocycles. The lowest BCUT2D eigenvalue weighted by molar-refractivity contribution is 0.343. The van der Waals surface area contributed by atoms with Gasteiger partial charge >= 0.3 is 0 Å². The molecule has 0 atom stereocenters. The third-order valence-electron chi connectivity index (χ3n) is 1.70. The molecule has 2 nitrogen and oxygen atoms in total. The van der Waals surface area contributed by atoms with E-state index in [0.717, 1.165) is 3.57 Å². The summed E-state index contributed by atoms with van der Waals surface area (Å²) in [5, 5.41) is 0. The van der Waals surface area contributed by atoms with Crippen LogP contribution >= 0.6 is 22.6 Å². The fraction of sp³-hybridized carbons (Fsp3) is 0.333. The Balaban J connectivity index is 3.27. The molecule has 0 unspecified atom stereocenters. The van der Waals surface area contributed by atoms with Gasteiger partial charge in [-0.1, -0.05) is 6.07 Å². The van der Waals surface area contributed by atoms with Crippen molar-refractivity contribution in [1.29, 1.82) is 0 Å². The van der Waals surface area contributed by atoms with E-state index in [4.69, 9.17) is 9.47 Å². The van der Waals surface area contributed by atoms with Gasteiger partial charge in [0.25, 0.3) is 0 Å². The Hall–Kier alpha value is -0.520. The summed E-state index contributed by atoms with van der Waals surface area (Å²) in [6.45, 7) is -0.545. The summed E-state index contributed by atoms with van der Waals surface area (Å²) in [4.78, 5) is 0. The minimum atomic E-state index is -0.545. The zero-order valence-electron chi connectivity index (χ0n) is 7.43. The highest BCUT2D eigenvalue weighted by molar-refractivity contribution is 14.1. The quantitative estimate of drug-likeness (QED) is 0.799. The highest BCUT2D eigenvalue weighted by atomic mass is 127. The molecule has 4 heteroatoms. The molecule has 0 bridgehead atoms. The van der Waals surface area contributed by atoms with E-state index in [1.54, 1.807) is 19.2 Å². The number of benzene rings is 1. The average molecular weight is 296 g/mol. The molecule has 0 spiro atoms. The second-order valence-corrected chi connectivity index (χ2v) is 3.57. The lowest BCUT2D eigenvalue weighted by atomic mass is 10.2. The van der Waals surface area contributed by atoms with E-state index >= 15 is 0 Å². The Morgan fingerprint density at radius 1 is 1.23 bits per heavy atom. The molecule has 0 saturated carbocycles. The van der Waals surface area contributed by atoms with Gasteiger partial charge in [-0.15, -0.1) is 0 Å². The van der Waals surface area contributed by atoms with Crippen molar-refractivity contribution in [2.45, 2.75) is 6.67 Å². The highest BCUT2D eigenvalue weighted by Gasteiger charge is 2.12. The van der Waals surface area contributed by atoms with Crippen molar-refractivity contribution < 1.29 is 13.9 Å². The van der Waals surface area contributed by atoms with Crippen molar-refractivity contribution in [2.75, 3.05) is 14.2 Å². The van der Waals surface area contributed by atoms with Crippen molar-refractivity contribution in [3.8, 4) is 11.5 Å². The first kappa shape index (κ1) is 10.6. The van der Waals surface area contributed by atoms with Crippen LogP contribution in [0.1, 0.15) is 5.56 Å². The topological polar surface area (TPSA) is 18.5 Å². The predicted molar refractivity (Wildman–Crippen MR) is 57.1 cm³/mol. The zero-order chi connectivity index (χ0) is 9.84. The number of ether oxygens (including phenoxy) is 2. The normalized spacial score (nSPS) is 9.85. The average Bonchev–Trinajstić information content (AvgIpc) is 2.17. The van der Waals surface area contributed by atoms with Gasteiger partial charge < -0.3 is 9.47 Å². The molecule has 0 N–H and O–H groups in total. The summed E-state index contributed by atoms with van der Waals surface area (Å²) in [7, 11) is 3.05. The number of alkyl halides is 1. The molecule has 0 aliphatic rings. The van der Waals surface area contributed by atoms with Gasteiger partial charge in [-0.05, 0) is 28.7 Å². The lowest BCUT2D eigenvalue weighted by Gasteiger charge is -2.11. The van der Waals surface area contributed by atoms with E-state index in [2.05, 4.69) is 22.6 Å². The Bertz CT molecular complexity index is 302. The third kappa shape index (κ3) is 2.04. The van der Waals surface area contributed by atoms with Crippen molar-refractivity contribution in [1.82, 2.24) is 0 Å². The van der Waals surface area contributed by atoms with Crippen LogP contribution in [0, 0.1) is 3.57 Å². The van der Waals surface area contributed by atoms with Gasteiger partial charge in [-0.3, -0.25) is 0 Å². The van der Waals surface area contributed by atoms with Crippen LogP contribution in [-0.4, -0.2) is 14.2 Å². The summed E-state index contributed by atoms with van der Waals surface area (Å²) < 4.78 is 23.6. The molecule has 72 valence electrons. The second-order valence-electron chi connectivity index (χ2n) is 2.41. The Kier molecular flexibility index (Phi) is 3.77. The van der Waals surface area contributed by atoms with E-state index < -0.39 is 6.67 Å². The summed E-state index contributed by atoms with van der Waals surface area (Å²) in [6.07, 6.45) is 0. The SMILES string of the molecule is COc1c(I)ccc(CF)c1OC. The van der Waals surface area contributed by atoms with E-state index in [0.29, 0.717) is 17.1 Å². The molecule has 0 fully saturated rings. The molecule has 1 aromatic carbocycles. The Labute approximate surface area is 90.2 Å². The van der Waals surface area contributed by atoms with Crippen LogP contribution < -0.4 is 9.47 Å². The Morgan fingerprint density at radius 3 is 2.31 bits per heavy atom. The molecule has 0 amide bonds. The monoisotopic (exact) mass is 296 g/mol. The third-order valence-corrected chi connectivity index (χ3v) is 2.55. The van der Waals surface area contributed by atoms with Gasteiger partial charge in [0, 0.05) is 5.56 Å². The first-order valence-corrected chi connectivity index (χ1v) is 4.77. The fourth-order valence-corrected chi connectivity index (χ4v) is 1.74. The molecular weight excluding hydrogens is 286 g/mol. The Morgan fingerprint density at radius 2 is 1.85 bits per heavy atom. The standard InChI is InChI=1S/C9H10FIO2/c1-12-8-6(5-10)3-4-7(11)9(8)13-2/h3-4H,5H2,1-2H3. The molecule has 1 rings (SSSR count). The van der Waals surface area contributed by atoms with Crippen LogP contribution in [0.2, 0.25) is 0 Å². The van der Waals surface area contributed by atoms with Gasteiger partial charge in [-0.2, -0.15) is 0 Å². The van der Waals surface area contributed by atoms with Crippen LogP contribution in [0.5, 0.6) is 11.5 Å². The number of rotatable bonds is 3. The first-order valence-electron chi connectivity index (χ1n) is 3.70. The summed E-state index contributed by atoms with van der Waals surface area (Å²) in [6, 6.07) is 3.50. The number of hydrogen-bond acceptors (Lipinski definition) is 2. The first-order chi connectivity index (χ1) is 6.24. The molecule has 0 radical (unpaired) electrons. The van der Waals surface area contributed by atoms with Crippen LogP contribution in [0.25, 0.3) is 0 Å². The van der Waals surface area contributed by atoms with Crippen molar-refractivity contribution in [3.63, 3.8) is 0 Å². The van der Waals surface area contributed by atoms with E-state index in [9.17, 15) is 4.39 Å².